The van der Waals surface area contributed by atoms with E-state index in [9.17, 15) is 15.0 Å². The number of carbonyl (C=O) groups excluding carboxylic acids is 1. The molecule has 0 atom stereocenters. The predicted octanol–water partition coefficient (Wildman–Crippen LogP) is 5.02. The molecular weight excluding hydrogens is 402 g/mol. The Morgan fingerprint density at radius 1 is 0.933 bits per heavy atom. The van der Waals surface area contributed by atoms with Crippen LogP contribution in [0.2, 0.25) is 0 Å². The molecule has 3 aromatic carbocycles. The molecule has 0 radical (unpaired) electrons. The highest BCUT2D eigenvalue weighted by Crippen LogP contribution is 2.59. The zero-order valence-electron chi connectivity index (χ0n) is 16.0. The predicted molar refractivity (Wildman–Crippen MR) is 112 cm³/mol. The maximum atomic E-state index is 13.0. The Bertz CT molecular complexity index is 1270. The van der Waals surface area contributed by atoms with Gasteiger partial charge in [-0.3, -0.25) is 0 Å². The van der Waals surface area contributed by atoms with Crippen molar-refractivity contribution in [2.24, 2.45) is 4.99 Å². The molecule has 0 fully saturated rings. The summed E-state index contributed by atoms with van der Waals surface area (Å²) in [5.74, 6) is 0.373. The largest absolute Gasteiger partial charge is 0.508 e. The quantitative estimate of drug-likeness (QED) is 0.328. The average molecular weight is 417 g/mol. The Morgan fingerprint density at radius 3 is 2.07 bits per heavy atom. The summed E-state index contributed by atoms with van der Waals surface area (Å²) < 4.78 is 12.2. The Morgan fingerprint density at radius 2 is 1.50 bits per heavy atom. The van der Waals surface area contributed by atoms with Gasteiger partial charge in [-0.25, -0.2) is 4.79 Å². The van der Waals surface area contributed by atoms with Crippen LogP contribution in [0.15, 0.2) is 47.5 Å². The monoisotopic (exact) mass is 417 g/mol. The molecule has 0 aliphatic carbocycles. The fourth-order valence-electron chi connectivity index (χ4n) is 4.21. The van der Waals surface area contributed by atoms with E-state index in [4.69, 9.17) is 9.47 Å². The number of rotatable bonds is 1. The number of hydrogen-bond acceptors (Lipinski definition) is 7. The highest BCUT2D eigenvalue weighted by atomic mass is 32.1. The molecule has 5 rings (SSSR count). The van der Waals surface area contributed by atoms with Crippen molar-refractivity contribution in [3.63, 3.8) is 0 Å². The number of esters is 1. The molecule has 0 unspecified atom stereocenters. The number of nitrogens with zero attached hydrogens (tertiary/aromatic N) is 1. The van der Waals surface area contributed by atoms with Crippen LogP contribution in [0, 0.1) is 13.8 Å². The fourth-order valence-corrected chi connectivity index (χ4v) is 4.31. The van der Waals surface area contributed by atoms with E-state index in [2.05, 4.69) is 22.4 Å². The highest BCUT2D eigenvalue weighted by molar-refractivity contribution is 7.78. The highest BCUT2D eigenvalue weighted by Gasteiger charge is 2.54. The Balaban J connectivity index is 1.91. The summed E-state index contributed by atoms with van der Waals surface area (Å²) in [7, 11) is 0. The number of carbonyl (C=O) groups is 1. The molecule has 0 amide bonds. The van der Waals surface area contributed by atoms with E-state index in [1.54, 1.807) is 56.3 Å². The van der Waals surface area contributed by atoms with Crippen molar-refractivity contribution in [2.75, 3.05) is 0 Å². The number of ether oxygens (including phenoxy) is 2. The number of benzene rings is 3. The van der Waals surface area contributed by atoms with Crippen LogP contribution in [0.5, 0.6) is 23.0 Å². The molecule has 2 aliphatic heterocycles. The molecule has 0 bridgehead atoms. The SMILES string of the molecule is Cc1c(O)ccc2c1Oc1c(ccc(O)c1C)C21OC(=O)c2cc(N=C=S)ccc21. The van der Waals surface area contributed by atoms with E-state index >= 15 is 0 Å². The summed E-state index contributed by atoms with van der Waals surface area (Å²) in [4.78, 5) is 16.9. The third kappa shape index (κ3) is 2.21. The second-order valence-corrected chi connectivity index (χ2v) is 7.46. The first kappa shape index (κ1) is 18.4. The minimum Gasteiger partial charge on any atom is -0.508 e. The van der Waals surface area contributed by atoms with Gasteiger partial charge in [0.1, 0.15) is 23.0 Å². The second-order valence-electron chi connectivity index (χ2n) is 7.28. The van der Waals surface area contributed by atoms with Gasteiger partial charge in [0.05, 0.1) is 16.4 Å². The van der Waals surface area contributed by atoms with E-state index in [1.807, 2.05) is 0 Å². The van der Waals surface area contributed by atoms with E-state index in [1.165, 1.54) is 0 Å². The van der Waals surface area contributed by atoms with Crippen molar-refractivity contribution in [1.82, 2.24) is 0 Å². The Labute approximate surface area is 177 Å². The first-order valence-corrected chi connectivity index (χ1v) is 9.59. The van der Waals surface area contributed by atoms with Crippen molar-refractivity contribution >= 4 is 29.0 Å². The van der Waals surface area contributed by atoms with Crippen molar-refractivity contribution in [2.45, 2.75) is 19.4 Å². The molecule has 2 aliphatic rings. The lowest BCUT2D eigenvalue weighted by atomic mass is 9.76. The molecule has 0 saturated carbocycles. The zero-order chi connectivity index (χ0) is 21.2. The van der Waals surface area contributed by atoms with E-state index in [-0.39, 0.29) is 11.5 Å². The normalized spacial score (nSPS) is 14.8. The Hall–Kier alpha value is -3.67. The third-order valence-corrected chi connectivity index (χ3v) is 5.83. The third-order valence-electron chi connectivity index (χ3n) is 5.74. The van der Waals surface area contributed by atoms with Gasteiger partial charge in [0.2, 0.25) is 0 Å². The number of thiocarbonyl (C=S) groups is 1. The van der Waals surface area contributed by atoms with Crippen LogP contribution in [0.25, 0.3) is 0 Å². The average Bonchev–Trinajstić information content (AvgIpc) is 3.01. The summed E-state index contributed by atoms with van der Waals surface area (Å²) in [5.41, 5.74) is 2.38. The first-order chi connectivity index (χ1) is 14.4. The number of aliphatic imine (C=N–C) groups is 1. The maximum absolute atomic E-state index is 13.0. The van der Waals surface area contributed by atoms with Gasteiger partial charge in [-0.1, -0.05) is 6.07 Å². The van der Waals surface area contributed by atoms with E-state index in [0.29, 0.717) is 50.6 Å². The van der Waals surface area contributed by atoms with Crippen LogP contribution in [-0.2, 0) is 10.3 Å². The second kappa shape index (κ2) is 6.16. The molecule has 3 aromatic rings. The number of phenols is 2. The number of fused-ring (bicyclic) bond motifs is 6. The lowest BCUT2D eigenvalue weighted by Crippen LogP contribution is -2.33. The topological polar surface area (TPSA) is 88.4 Å². The number of isothiocyanates is 1. The molecule has 148 valence electrons. The molecule has 30 heavy (non-hydrogen) atoms. The van der Waals surface area contributed by atoms with Gasteiger partial charge >= 0.3 is 5.97 Å². The van der Waals surface area contributed by atoms with Gasteiger partial charge in [0.25, 0.3) is 0 Å². The van der Waals surface area contributed by atoms with Gasteiger partial charge in [-0.2, -0.15) is 4.99 Å². The van der Waals surface area contributed by atoms with Crippen molar-refractivity contribution in [3.8, 4) is 23.0 Å². The molecular formula is C23H15NO5S. The van der Waals surface area contributed by atoms with Crippen molar-refractivity contribution < 1.29 is 24.5 Å². The summed E-state index contributed by atoms with van der Waals surface area (Å²) in [5, 5.41) is 22.8. The van der Waals surface area contributed by atoms with Crippen molar-refractivity contribution in [3.05, 3.63) is 75.8 Å². The Kier molecular flexibility index (Phi) is 3.77. The smallest absolute Gasteiger partial charge is 0.340 e. The number of aromatic hydroxyl groups is 2. The lowest BCUT2D eigenvalue weighted by Gasteiger charge is -2.37. The van der Waals surface area contributed by atoms with Crippen LogP contribution < -0.4 is 4.74 Å². The van der Waals surface area contributed by atoms with Crippen molar-refractivity contribution in [1.29, 1.82) is 0 Å². The van der Waals surface area contributed by atoms with Crippen LogP contribution in [0.4, 0.5) is 5.69 Å². The minimum atomic E-state index is -1.29. The first-order valence-electron chi connectivity index (χ1n) is 9.18. The van der Waals surface area contributed by atoms with Crippen LogP contribution in [0.3, 0.4) is 0 Å². The summed E-state index contributed by atoms with van der Waals surface area (Å²) in [6.07, 6.45) is 0. The fraction of sp³-hybridized carbons (Fsp3) is 0.130. The molecule has 0 saturated heterocycles. The lowest BCUT2D eigenvalue weighted by molar-refractivity contribution is 0.0223. The number of phenolic OH excluding ortho intramolecular Hbond substituents is 2. The zero-order valence-corrected chi connectivity index (χ0v) is 16.8. The van der Waals surface area contributed by atoms with Gasteiger partial charge < -0.3 is 19.7 Å². The van der Waals surface area contributed by atoms with E-state index < -0.39 is 11.6 Å². The minimum absolute atomic E-state index is 0.0559. The molecule has 2 N–H and O–H groups in total. The molecule has 6 nitrogen and oxygen atoms in total. The van der Waals surface area contributed by atoms with Crippen LogP contribution in [-0.4, -0.2) is 21.3 Å². The van der Waals surface area contributed by atoms with Gasteiger partial charge in [0, 0.05) is 27.8 Å². The number of hydrogen-bond donors (Lipinski definition) is 2. The van der Waals surface area contributed by atoms with E-state index in [0.717, 1.165) is 0 Å². The standard InChI is InChI=1S/C23H15NO5S/c1-11-18(25)7-5-16-20(11)28-21-12(2)19(26)8-6-17(21)23(16)15-4-3-13(24-10-30)9-14(15)22(27)29-23/h3-9,25-26H,1-2H3. The molecule has 1 spiro atoms. The summed E-state index contributed by atoms with van der Waals surface area (Å²) in [6.45, 7) is 3.44. The molecule has 7 heteroatoms. The van der Waals surface area contributed by atoms with Gasteiger partial charge in [0.15, 0.2) is 5.60 Å². The van der Waals surface area contributed by atoms with Gasteiger partial charge in [-0.05, 0) is 62.5 Å². The summed E-state index contributed by atoms with van der Waals surface area (Å²) in [6, 6.07) is 11.6. The van der Waals surface area contributed by atoms with Gasteiger partial charge in [-0.15, -0.1) is 0 Å². The summed E-state index contributed by atoms with van der Waals surface area (Å²) >= 11 is 4.67. The van der Waals surface area contributed by atoms with Crippen LogP contribution >= 0.6 is 12.2 Å². The maximum Gasteiger partial charge on any atom is 0.340 e. The van der Waals surface area contributed by atoms with Crippen LogP contribution in [0.1, 0.15) is 38.2 Å². The molecule has 0 aromatic heterocycles. The molecule has 2 heterocycles.